The van der Waals surface area contributed by atoms with E-state index >= 15 is 0 Å². The Balaban J connectivity index is 1.81. The molecule has 0 unspecified atom stereocenters. The maximum Gasteiger partial charge on any atom is 0.312 e. The van der Waals surface area contributed by atoms with E-state index in [1.54, 1.807) is 19.0 Å². The number of rotatable bonds is 1. The van der Waals surface area contributed by atoms with Crippen LogP contribution in [0.2, 0.25) is 0 Å². The summed E-state index contributed by atoms with van der Waals surface area (Å²) in [6.07, 6.45) is 3.32. The standard InChI is InChI=1S/C12H21N3O2/c1-13(2)11(16)12(17)15-8-4-10(5-9-15)14-6-3-7-14/h10H,3-9H2,1-2H3. The number of likely N-dealkylation sites (tertiary alicyclic amines) is 2. The molecule has 0 aromatic carbocycles. The van der Waals surface area contributed by atoms with E-state index in [9.17, 15) is 9.59 Å². The van der Waals surface area contributed by atoms with Crippen molar-refractivity contribution in [3.63, 3.8) is 0 Å². The molecule has 0 N–H and O–H groups in total. The summed E-state index contributed by atoms with van der Waals surface area (Å²) < 4.78 is 0. The number of hydrogen-bond donors (Lipinski definition) is 0. The number of likely N-dealkylation sites (N-methyl/N-ethyl adjacent to an activating group) is 1. The number of piperidine rings is 1. The molecular weight excluding hydrogens is 218 g/mol. The molecular formula is C12H21N3O2. The molecule has 0 bridgehead atoms. The number of hydrogen-bond acceptors (Lipinski definition) is 3. The second-order valence-corrected chi connectivity index (χ2v) is 5.11. The molecule has 0 aromatic rings. The van der Waals surface area contributed by atoms with E-state index in [-0.39, 0.29) is 5.91 Å². The lowest BCUT2D eigenvalue weighted by Gasteiger charge is -2.42. The van der Waals surface area contributed by atoms with Gasteiger partial charge in [-0.25, -0.2) is 0 Å². The van der Waals surface area contributed by atoms with Gasteiger partial charge in [0.15, 0.2) is 0 Å². The zero-order valence-electron chi connectivity index (χ0n) is 10.7. The van der Waals surface area contributed by atoms with Crippen molar-refractivity contribution in [2.45, 2.75) is 25.3 Å². The fourth-order valence-corrected chi connectivity index (χ4v) is 2.47. The SMILES string of the molecule is CN(C)C(=O)C(=O)N1CCC(N2CCC2)CC1. The first-order valence-corrected chi connectivity index (χ1v) is 6.34. The summed E-state index contributed by atoms with van der Waals surface area (Å²) in [6, 6.07) is 0.627. The van der Waals surface area contributed by atoms with Crippen LogP contribution in [0.15, 0.2) is 0 Å². The second kappa shape index (κ2) is 5.04. The highest BCUT2D eigenvalue weighted by Gasteiger charge is 2.31. The number of amides is 2. The molecule has 0 atom stereocenters. The Morgan fingerprint density at radius 2 is 1.65 bits per heavy atom. The third-order valence-corrected chi connectivity index (χ3v) is 3.75. The maximum atomic E-state index is 11.8. The van der Waals surface area contributed by atoms with Crippen molar-refractivity contribution in [3.05, 3.63) is 0 Å². The molecule has 2 amide bonds. The molecule has 2 aliphatic heterocycles. The first kappa shape index (κ1) is 12.4. The van der Waals surface area contributed by atoms with Crippen LogP contribution in [0.25, 0.3) is 0 Å². The number of carbonyl (C=O) groups excluding carboxylic acids is 2. The Kier molecular flexibility index (Phi) is 3.66. The predicted octanol–water partition coefficient (Wildman–Crippen LogP) is -0.229. The van der Waals surface area contributed by atoms with Crippen LogP contribution in [0, 0.1) is 0 Å². The normalized spacial score (nSPS) is 22.1. The van der Waals surface area contributed by atoms with Gasteiger partial charge in [0, 0.05) is 33.2 Å². The highest BCUT2D eigenvalue weighted by Crippen LogP contribution is 2.21. The molecule has 0 radical (unpaired) electrons. The summed E-state index contributed by atoms with van der Waals surface area (Å²) in [6.45, 7) is 3.85. The van der Waals surface area contributed by atoms with Gasteiger partial charge in [0.2, 0.25) is 0 Å². The average Bonchev–Trinajstić information content (AvgIpc) is 2.25. The van der Waals surface area contributed by atoms with Gasteiger partial charge in [-0.05, 0) is 32.4 Å². The summed E-state index contributed by atoms with van der Waals surface area (Å²) in [5, 5.41) is 0. The molecule has 2 aliphatic rings. The van der Waals surface area contributed by atoms with Gasteiger partial charge in [0.05, 0.1) is 0 Å². The van der Waals surface area contributed by atoms with Gasteiger partial charge in [-0.15, -0.1) is 0 Å². The summed E-state index contributed by atoms with van der Waals surface area (Å²) in [7, 11) is 3.24. The summed E-state index contributed by atoms with van der Waals surface area (Å²) in [5.74, 6) is -0.760. The lowest BCUT2D eigenvalue weighted by molar-refractivity contribution is -0.151. The van der Waals surface area contributed by atoms with Gasteiger partial charge in [-0.3, -0.25) is 9.59 Å². The second-order valence-electron chi connectivity index (χ2n) is 5.11. The lowest BCUT2D eigenvalue weighted by Crippen LogP contribution is -2.53. The van der Waals surface area contributed by atoms with Crippen molar-refractivity contribution in [3.8, 4) is 0 Å². The van der Waals surface area contributed by atoms with Crippen LogP contribution in [0.4, 0.5) is 0 Å². The van der Waals surface area contributed by atoms with Gasteiger partial charge in [-0.2, -0.15) is 0 Å². The van der Waals surface area contributed by atoms with Crippen molar-refractivity contribution >= 4 is 11.8 Å². The molecule has 2 heterocycles. The zero-order valence-corrected chi connectivity index (χ0v) is 10.7. The van der Waals surface area contributed by atoms with Gasteiger partial charge < -0.3 is 14.7 Å². The van der Waals surface area contributed by atoms with E-state index in [2.05, 4.69) is 4.90 Å². The first-order chi connectivity index (χ1) is 8.09. The topological polar surface area (TPSA) is 43.9 Å². The Bertz CT molecular complexity index is 305. The van der Waals surface area contributed by atoms with Crippen molar-refractivity contribution in [1.82, 2.24) is 14.7 Å². The monoisotopic (exact) mass is 239 g/mol. The van der Waals surface area contributed by atoms with Gasteiger partial charge in [-0.1, -0.05) is 0 Å². The lowest BCUT2D eigenvalue weighted by atomic mass is 9.99. The van der Waals surface area contributed by atoms with Crippen molar-refractivity contribution in [2.75, 3.05) is 40.3 Å². The minimum Gasteiger partial charge on any atom is -0.341 e. The Hall–Kier alpha value is -1.10. The Morgan fingerprint density at radius 3 is 2.06 bits per heavy atom. The Labute approximate surface area is 102 Å². The summed E-state index contributed by atoms with van der Waals surface area (Å²) in [5.41, 5.74) is 0. The zero-order chi connectivity index (χ0) is 12.4. The molecule has 0 aliphatic carbocycles. The quantitative estimate of drug-likeness (QED) is 0.594. The fourth-order valence-electron chi connectivity index (χ4n) is 2.47. The van der Waals surface area contributed by atoms with Gasteiger partial charge in [0.1, 0.15) is 0 Å². The molecule has 96 valence electrons. The van der Waals surface area contributed by atoms with Crippen LogP contribution in [0.3, 0.4) is 0 Å². The van der Waals surface area contributed by atoms with Crippen LogP contribution >= 0.6 is 0 Å². The molecule has 0 spiro atoms. The summed E-state index contributed by atoms with van der Waals surface area (Å²) in [4.78, 5) is 28.9. The molecule has 0 aromatic heterocycles. The summed E-state index contributed by atoms with van der Waals surface area (Å²) >= 11 is 0. The van der Waals surface area contributed by atoms with E-state index in [1.165, 1.54) is 24.4 Å². The third kappa shape index (κ3) is 2.60. The average molecular weight is 239 g/mol. The van der Waals surface area contributed by atoms with E-state index < -0.39 is 5.91 Å². The van der Waals surface area contributed by atoms with Crippen LogP contribution in [0.5, 0.6) is 0 Å². The van der Waals surface area contributed by atoms with Crippen molar-refractivity contribution in [2.24, 2.45) is 0 Å². The largest absolute Gasteiger partial charge is 0.341 e. The molecule has 5 nitrogen and oxygen atoms in total. The van der Waals surface area contributed by atoms with Crippen LogP contribution in [0.1, 0.15) is 19.3 Å². The van der Waals surface area contributed by atoms with E-state index in [1.807, 2.05) is 0 Å². The molecule has 5 heteroatoms. The van der Waals surface area contributed by atoms with Crippen molar-refractivity contribution in [1.29, 1.82) is 0 Å². The molecule has 2 rings (SSSR count). The number of carbonyl (C=O) groups is 2. The smallest absolute Gasteiger partial charge is 0.312 e. The van der Waals surface area contributed by atoms with Crippen molar-refractivity contribution < 1.29 is 9.59 Å². The highest BCUT2D eigenvalue weighted by atomic mass is 16.2. The first-order valence-electron chi connectivity index (χ1n) is 6.34. The maximum absolute atomic E-state index is 11.8. The fraction of sp³-hybridized carbons (Fsp3) is 0.833. The minimum atomic E-state index is -0.410. The Morgan fingerprint density at radius 1 is 1.06 bits per heavy atom. The van der Waals surface area contributed by atoms with Gasteiger partial charge in [0.25, 0.3) is 0 Å². The van der Waals surface area contributed by atoms with Crippen LogP contribution < -0.4 is 0 Å². The molecule has 17 heavy (non-hydrogen) atoms. The predicted molar refractivity (Wildman–Crippen MR) is 64.5 cm³/mol. The molecule has 2 saturated heterocycles. The van der Waals surface area contributed by atoms with E-state index in [0.29, 0.717) is 6.04 Å². The van der Waals surface area contributed by atoms with Gasteiger partial charge >= 0.3 is 11.8 Å². The van der Waals surface area contributed by atoms with Crippen LogP contribution in [-0.4, -0.2) is 72.8 Å². The molecule has 2 fully saturated rings. The molecule has 0 saturated carbocycles. The van der Waals surface area contributed by atoms with E-state index in [4.69, 9.17) is 0 Å². The highest BCUT2D eigenvalue weighted by molar-refractivity contribution is 6.34. The number of nitrogens with zero attached hydrogens (tertiary/aromatic N) is 3. The van der Waals surface area contributed by atoms with E-state index in [0.717, 1.165) is 25.9 Å². The minimum absolute atomic E-state index is 0.350. The third-order valence-electron chi connectivity index (χ3n) is 3.75. The van der Waals surface area contributed by atoms with Crippen LogP contribution in [-0.2, 0) is 9.59 Å².